The van der Waals surface area contributed by atoms with E-state index in [1.165, 1.54) is 30.6 Å². The highest BCUT2D eigenvalue weighted by Crippen LogP contribution is 2.27. The van der Waals surface area contributed by atoms with Gasteiger partial charge in [0.1, 0.15) is 11.6 Å². The minimum atomic E-state index is 0.785. The van der Waals surface area contributed by atoms with Crippen LogP contribution < -0.4 is 4.90 Å². The number of hydrogen-bond donors (Lipinski definition) is 0. The molecule has 1 aliphatic heterocycles. The molecule has 138 valence electrons. The molecule has 4 heterocycles. The lowest BCUT2D eigenvalue weighted by molar-refractivity contribution is 0.358. The summed E-state index contributed by atoms with van der Waals surface area (Å²) in [6, 6.07) is 2.17. The molecule has 1 saturated heterocycles. The van der Waals surface area contributed by atoms with Gasteiger partial charge in [-0.05, 0) is 52.9 Å². The smallest absolute Gasteiger partial charge is 0.160 e. The summed E-state index contributed by atoms with van der Waals surface area (Å²) in [6.45, 7) is 11.6. The molecule has 4 rings (SSSR count). The van der Waals surface area contributed by atoms with Gasteiger partial charge in [0.25, 0.3) is 0 Å². The third-order valence-corrected chi connectivity index (χ3v) is 5.81. The summed E-state index contributed by atoms with van der Waals surface area (Å²) in [6.07, 6.45) is 7.67. The van der Waals surface area contributed by atoms with Crippen molar-refractivity contribution in [1.82, 2.24) is 24.1 Å². The van der Waals surface area contributed by atoms with Gasteiger partial charge in [-0.2, -0.15) is 9.61 Å². The number of hydrogen-bond acceptors (Lipinski definition) is 4. The van der Waals surface area contributed by atoms with Crippen molar-refractivity contribution < 1.29 is 0 Å². The number of rotatable bonds is 4. The fraction of sp³-hybridized carbons (Fsp3) is 0.550. The van der Waals surface area contributed by atoms with Crippen LogP contribution in [0.2, 0.25) is 0 Å². The molecular weight excluding hydrogens is 324 g/mol. The fourth-order valence-electron chi connectivity index (χ4n) is 3.97. The molecule has 0 unspecified atom stereocenters. The van der Waals surface area contributed by atoms with Crippen LogP contribution in [-0.4, -0.2) is 37.2 Å². The topological polar surface area (TPSA) is 51.2 Å². The molecule has 0 saturated carbocycles. The maximum Gasteiger partial charge on any atom is 0.160 e. The highest BCUT2D eigenvalue weighted by molar-refractivity contribution is 5.57. The SMILES string of the molecule is Cc1cc(N2CCC(CCn3ccnc3C)CC2)n2nc(C)c(C)c2n1. The van der Waals surface area contributed by atoms with Crippen LogP contribution in [0.5, 0.6) is 0 Å². The Morgan fingerprint density at radius 2 is 1.88 bits per heavy atom. The molecule has 0 aliphatic carbocycles. The van der Waals surface area contributed by atoms with Gasteiger partial charge in [-0.15, -0.1) is 0 Å². The van der Waals surface area contributed by atoms with E-state index >= 15 is 0 Å². The minimum Gasteiger partial charge on any atom is -0.356 e. The van der Waals surface area contributed by atoms with Crippen LogP contribution in [0.4, 0.5) is 5.82 Å². The summed E-state index contributed by atoms with van der Waals surface area (Å²) in [5.41, 5.74) is 4.30. The Bertz CT molecular complexity index is 914. The number of anilines is 1. The summed E-state index contributed by atoms with van der Waals surface area (Å²) in [4.78, 5) is 11.5. The van der Waals surface area contributed by atoms with Crippen molar-refractivity contribution in [2.24, 2.45) is 5.92 Å². The average molecular weight is 352 g/mol. The van der Waals surface area contributed by atoms with Gasteiger partial charge in [0.2, 0.25) is 0 Å². The van der Waals surface area contributed by atoms with Gasteiger partial charge in [0, 0.05) is 49.4 Å². The largest absolute Gasteiger partial charge is 0.356 e. The molecule has 1 aliphatic rings. The van der Waals surface area contributed by atoms with Crippen LogP contribution >= 0.6 is 0 Å². The zero-order valence-electron chi connectivity index (χ0n) is 16.2. The van der Waals surface area contributed by atoms with Crippen molar-refractivity contribution in [2.75, 3.05) is 18.0 Å². The first-order valence-corrected chi connectivity index (χ1v) is 9.59. The standard InChI is InChI=1S/C20H28N6/c1-14-13-19(26-20(22-14)15(2)16(3)23-26)25-10-6-18(7-11-25)5-9-24-12-8-21-17(24)4/h8,12-13,18H,5-7,9-11H2,1-4H3. The van der Waals surface area contributed by atoms with Gasteiger partial charge in [-0.25, -0.2) is 9.97 Å². The number of aromatic nitrogens is 5. The van der Waals surface area contributed by atoms with E-state index in [-0.39, 0.29) is 0 Å². The molecule has 0 bridgehead atoms. The fourth-order valence-corrected chi connectivity index (χ4v) is 3.97. The predicted octanol–water partition coefficient (Wildman–Crippen LogP) is 3.47. The summed E-state index contributed by atoms with van der Waals surface area (Å²) in [7, 11) is 0. The van der Waals surface area contributed by atoms with E-state index in [0.29, 0.717) is 0 Å². The van der Waals surface area contributed by atoms with E-state index in [4.69, 9.17) is 10.1 Å². The van der Waals surface area contributed by atoms with E-state index in [0.717, 1.165) is 48.4 Å². The highest BCUT2D eigenvalue weighted by Gasteiger charge is 2.22. The van der Waals surface area contributed by atoms with Crippen molar-refractivity contribution in [1.29, 1.82) is 0 Å². The Kier molecular flexibility index (Phi) is 4.42. The van der Waals surface area contributed by atoms with Gasteiger partial charge in [-0.1, -0.05) is 0 Å². The molecule has 3 aromatic heterocycles. The molecular formula is C20H28N6. The molecule has 0 N–H and O–H groups in total. The molecule has 0 spiro atoms. The van der Waals surface area contributed by atoms with E-state index in [9.17, 15) is 0 Å². The predicted molar refractivity (Wildman–Crippen MR) is 104 cm³/mol. The summed E-state index contributed by atoms with van der Waals surface area (Å²) >= 11 is 0. The van der Waals surface area contributed by atoms with Gasteiger partial charge >= 0.3 is 0 Å². The van der Waals surface area contributed by atoms with Crippen LogP contribution in [-0.2, 0) is 6.54 Å². The van der Waals surface area contributed by atoms with E-state index in [1.807, 2.05) is 10.7 Å². The van der Waals surface area contributed by atoms with Crippen LogP contribution in [0.25, 0.3) is 5.65 Å². The van der Waals surface area contributed by atoms with E-state index in [2.05, 4.69) is 54.4 Å². The Balaban J connectivity index is 1.46. The molecule has 0 amide bonds. The number of aryl methyl sites for hydroxylation is 5. The first-order chi connectivity index (χ1) is 12.5. The molecule has 1 fully saturated rings. The highest BCUT2D eigenvalue weighted by atomic mass is 15.4. The molecule has 0 aromatic carbocycles. The van der Waals surface area contributed by atoms with Crippen molar-refractivity contribution in [2.45, 2.75) is 53.5 Å². The lowest BCUT2D eigenvalue weighted by Gasteiger charge is -2.33. The lowest BCUT2D eigenvalue weighted by atomic mass is 9.93. The van der Waals surface area contributed by atoms with Crippen molar-refractivity contribution in [3.8, 4) is 0 Å². The van der Waals surface area contributed by atoms with Crippen molar-refractivity contribution in [3.63, 3.8) is 0 Å². The Morgan fingerprint density at radius 3 is 2.58 bits per heavy atom. The summed E-state index contributed by atoms with van der Waals surface area (Å²) in [5.74, 6) is 3.08. The second-order valence-corrected chi connectivity index (χ2v) is 7.59. The first-order valence-electron chi connectivity index (χ1n) is 9.59. The Hall–Kier alpha value is -2.37. The molecule has 6 nitrogen and oxygen atoms in total. The monoisotopic (exact) mass is 352 g/mol. The minimum absolute atomic E-state index is 0.785. The van der Waals surface area contributed by atoms with Gasteiger partial charge in [0.15, 0.2) is 5.65 Å². The number of fused-ring (bicyclic) bond motifs is 1. The zero-order valence-corrected chi connectivity index (χ0v) is 16.2. The molecule has 26 heavy (non-hydrogen) atoms. The van der Waals surface area contributed by atoms with Crippen LogP contribution in [0, 0.1) is 33.6 Å². The quantitative estimate of drug-likeness (QED) is 0.721. The second kappa shape index (κ2) is 6.74. The zero-order chi connectivity index (χ0) is 18.3. The lowest BCUT2D eigenvalue weighted by Crippen LogP contribution is -2.35. The van der Waals surface area contributed by atoms with Gasteiger partial charge < -0.3 is 9.47 Å². The van der Waals surface area contributed by atoms with Crippen molar-refractivity contribution >= 4 is 11.5 Å². The van der Waals surface area contributed by atoms with Gasteiger partial charge in [-0.3, -0.25) is 0 Å². The van der Waals surface area contributed by atoms with Gasteiger partial charge in [0.05, 0.1) is 5.69 Å². The van der Waals surface area contributed by atoms with Crippen LogP contribution in [0.15, 0.2) is 18.5 Å². The number of nitrogens with zero attached hydrogens (tertiary/aromatic N) is 6. The van der Waals surface area contributed by atoms with E-state index < -0.39 is 0 Å². The maximum atomic E-state index is 4.73. The Labute approximate surface area is 154 Å². The Morgan fingerprint density at radius 1 is 1.12 bits per heavy atom. The number of imidazole rings is 1. The maximum absolute atomic E-state index is 4.73. The van der Waals surface area contributed by atoms with Crippen LogP contribution in [0.1, 0.15) is 42.0 Å². The first kappa shape index (κ1) is 17.1. The second-order valence-electron chi connectivity index (χ2n) is 7.59. The normalized spacial score (nSPS) is 15.9. The summed E-state index contributed by atoms with van der Waals surface area (Å²) < 4.78 is 4.30. The third-order valence-electron chi connectivity index (χ3n) is 5.81. The average Bonchev–Trinajstić information content (AvgIpc) is 3.17. The summed E-state index contributed by atoms with van der Waals surface area (Å²) in [5, 5.41) is 4.73. The molecule has 0 atom stereocenters. The number of piperidine rings is 1. The van der Waals surface area contributed by atoms with E-state index in [1.54, 1.807) is 0 Å². The third kappa shape index (κ3) is 3.08. The van der Waals surface area contributed by atoms with Crippen molar-refractivity contribution in [3.05, 3.63) is 41.2 Å². The molecule has 0 radical (unpaired) electrons. The van der Waals surface area contributed by atoms with Crippen LogP contribution in [0.3, 0.4) is 0 Å². The molecule has 6 heteroatoms. The molecule has 3 aromatic rings.